The number of amides is 1. The summed E-state index contributed by atoms with van der Waals surface area (Å²) in [6.07, 6.45) is 0. The Morgan fingerprint density at radius 2 is 1.66 bits per heavy atom. The van der Waals surface area contributed by atoms with Gasteiger partial charge in [0.05, 0.1) is 18.7 Å². The largest absolute Gasteiger partial charge is 0.497 e. The van der Waals surface area contributed by atoms with Crippen molar-refractivity contribution in [1.29, 1.82) is 0 Å². The number of carbonyl (C=O) groups is 1. The lowest BCUT2D eigenvalue weighted by Crippen LogP contribution is -2.27. The van der Waals surface area contributed by atoms with Crippen molar-refractivity contribution in [2.75, 3.05) is 7.11 Å². The normalized spacial score (nSPS) is 12.1. The van der Waals surface area contributed by atoms with Crippen molar-refractivity contribution < 1.29 is 14.7 Å². The molecule has 0 aliphatic carbocycles. The molecule has 0 spiro atoms. The van der Waals surface area contributed by atoms with E-state index in [9.17, 15) is 10.0 Å². The molecule has 1 aromatic heterocycles. The van der Waals surface area contributed by atoms with Crippen molar-refractivity contribution in [2.24, 2.45) is 0 Å². The molecule has 3 N–H and O–H groups in total. The minimum atomic E-state index is -0.719. The van der Waals surface area contributed by atoms with Crippen LogP contribution in [0.2, 0.25) is 0 Å². The van der Waals surface area contributed by atoms with Crippen LogP contribution in [0.3, 0.4) is 0 Å². The summed E-state index contributed by atoms with van der Waals surface area (Å²) in [5.41, 5.74) is 6.11. The van der Waals surface area contributed by atoms with Crippen molar-refractivity contribution in [3.8, 4) is 17.0 Å². The summed E-state index contributed by atoms with van der Waals surface area (Å²) in [5.74, 6) is -0.524. The summed E-state index contributed by atoms with van der Waals surface area (Å²) in [7, 11) is 1.62. The van der Waals surface area contributed by atoms with Gasteiger partial charge in [0.1, 0.15) is 5.75 Å². The molecular formula is C27H22N2O3. The lowest BCUT2D eigenvalue weighted by Gasteiger charge is -2.18. The second-order valence-corrected chi connectivity index (χ2v) is 7.71. The number of nitrogens with one attached hydrogen (secondary N) is 2. The van der Waals surface area contributed by atoms with E-state index in [0.717, 1.165) is 44.1 Å². The predicted molar refractivity (Wildman–Crippen MR) is 126 cm³/mol. The van der Waals surface area contributed by atoms with E-state index in [2.05, 4.69) is 29.2 Å². The van der Waals surface area contributed by atoms with Crippen LogP contribution in [0, 0.1) is 0 Å². The SMILES string of the molecule is COc1ccc2[nH]c(-c3ccc4ccccc4c3)c(C(C(=O)NO)c3ccccc3)c2c1. The van der Waals surface area contributed by atoms with Gasteiger partial charge in [-0.25, -0.2) is 5.48 Å². The molecule has 5 heteroatoms. The molecule has 5 nitrogen and oxygen atoms in total. The molecule has 0 saturated carbocycles. The second-order valence-electron chi connectivity index (χ2n) is 7.71. The highest BCUT2D eigenvalue weighted by Gasteiger charge is 2.29. The third kappa shape index (κ3) is 3.39. The van der Waals surface area contributed by atoms with Gasteiger partial charge in [0.2, 0.25) is 0 Å². The van der Waals surface area contributed by atoms with E-state index < -0.39 is 11.8 Å². The topological polar surface area (TPSA) is 74.4 Å². The molecular weight excluding hydrogens is 400 g/mol. The summed E-state index contributed by atoms with van der Waals surface area (Å²) in [5, 5.41) is 12.7. The first-order valence-electron chi connectivity index (χ1n) is 10.4. The van der Waals surface area contributed by atoms with Crippen molar-refractivity contribution in [3.63, 3.8) is 0 Å². The fraction of sp³-hybridized carbons (Fsp3) is 0.0741. The minimum Gasteiger partial charge on any atom is -0.497 e. The van der Waals surface area contributed by atoms with E-state index in [-0.39, 0.29) is 0 Å². The lowest BCUT2D eigenvalue weighted by atomic mass is 9.86. The van der Waals surface area contributed by atoms with E-state index in [1.54, 1.807) is 7.11 Å². The third-order valence-corrected chi connectivity index (χ3v) is 5.88. The van der Waals surface area contributed by atoms with E-state index in [1.165, 1.54) is 0 Å². The Morgan fingerprint density at radius 1 is 0.906 bits per heavy atom. The van der Waals surface area contributed by atoms with Gasteiger partial charge in [-0.05, 0) is 46.2 Å². The molecule has 1 amide bonds. The van der Waals surface area contributed by atoms with Gasteiger partial charge in [0.25, 0.3) is 5.91 Å². The van der Waals surface area contributed by atoms with Crippen LogP contribution in [0.1, 0.15) is 17.0 Å². The Bertz CT molecular complexity index is 1420. The molecule has 5 rings (SSSR count). The van der Waals surface area contributed by atoms with Gasteiger partial charge in [-0.3, -0.25) is 10.0 Å². The Labute approximate surface area is 185 Å². The molecule has 1 unspecified atom stereocenters. The van der Waals surface area contributed by atoms with Gasteiger partial charge < -0.3 is 9.72 Å². The molecule has 0 radical (unpaired) electrons. The number of methoxy groups -OCH3 is 1. The number of fused-ring (bicyclic) bond motifs is 2. The Kier molecular flexibility index (Phi) is 5.09. The summed E-state index contributed by atoms with van der Waals surface area (Å²) >= 11 is 0. The Balaban J connectivity index is 1.83. The highest BCUT2D eigenvalue weighted by molar-refractivity contribution is 6.00. The molecule has 158 valence electrons. The van der Waals surface area contributed by atoms with Crippen molar-refractivity contribution in [3.05, 3.63) is 102 Å². The van der Waals surface area contributed by atoms with Crippen LogP contribution in [-0.4, -0.2) is 23.2 Å². The van der Waals surface area contributed by atoms with Crippen LogP contribution < -0.4 is 10.2 Å². The number of rotatable bonds is 5. The molecule has 0 bridgehead atoms. The molecule has 0 saturated heterocycles. The zero-order valence-corrected chi connectivity index (χ0v) is 17.5. The molecule has 4 aromatic carbocycles. The minimum absolute atomic E-state index is 0.498. The maximum atomic E-state index is 13.0. The highest BCUT2D eigenvalue weighted by atomic mass is 16.5. The summed E-state index contributed by atoms with van der Waals surface area (Å²) < 4.78 is 5.46. The Morgan fingerprint density at radius 3 is 2.41 bits per heavy atom. The smallest absolute Gasteiger partial charge is 0.255 e. The fourth-order valence-electron chi connectivity index (χ4n) is 4.35. The maximum Gasteiger partial charge on any atom is 0.255 e. The van der Waals surface area contributed by atoms with Crippen LogP contribution >= 0.6 is 0 Å². The number of carbonyl (C=O) groups excluding carboxylic acids is 1. The monoisotopic (exact) mass is 422 g/mol. The predicted octanol–water partition coefficient (Wildman–Crippen LogP) is 5.63. The van der Waals surface area contributed by atoms with E-state index in [0.29, 0.717) is 5.75 Å². The molecule has 1 atom stereocenters. The number of H-pyrrole nitrogens is 1. The molecule has 0 fully saturated rings. The van der Waals surface area contributed by atoms with Gasteiger partial charge in [-0.1, -0.05) is 66.7 Å². The van der Waals surface area contributed by atoms with E-state index in [4.69, 9.17) is 4.74 Å². The molecule has 0 aliphatic rings. The first kappa shape index (κ1) is 19.8. The highest BCUT2D eigenvalue weighted by Crippen LogP contribution is 2.40. The van der Waals surface area contributed by atoms with Crippen LogP contribution in [0.5, 0.6) is 5.75 Å². The number of hydrogen-bond acceptors (Lipinski definition) is 3. The van der Waals surface area contributed by atoms with Gasteiger partial charge in [0.15, 0.2) is 0 Å². The second kappa shape index (κ2) is 8.21. The number of hydrogen-bond donors (Lipinski definition) is 3. The zero-order chi connectivity index (χ0) is 22.1. The number of hydroxylamine groups is 1. The van der Waals surface area contributed by atoms with Crippen LogP contribution in [0.15, 0.2) is 91.0 Å². The number of aromatic nitrogens is 1. The molecule has 1 heterocycles. The molecule has 0 aliphatic heterocycles. The first-order chi connectivity index (χ1) is 15.7. The van der Waals surface area contributed by atoms with E-state index >= 15 is 0 Å². The summed E-state index contributed by atoms with van der Waals surface area (Å²) in [6, 6.07) is 29.6. The first-order valence-corrected chi connectivity index (χ1v) is 10.4. The number of benzene rings is 4. The zero-order valence-electron chi connectivity index (χ0n) is 17.5. The van der Waals surface area contributed by atoms with Crippen molar-refractivity contribution in [2.45, 2.75) is 5.92 Å². The van der Waals surface area contributed by atoms with Gasteiger partial charge in [-0.2, -0.15) is 0 Å². The maximum absolute atomic E-state index is 13.0. The molecule has 32 heavy (non-hydrogen) atoms. The van der Waals surface area contributed by atoms with E-state index in [1.807, 2.05) is 72.2 Å². The lowest BCUT2D eigenvalue weighted by molar-refractivity contribution is -0.129. The average molecular weight is 422 g/mol. The van der Waals surface area contributed by atoms with Crippen molar-refractivity contribution in [1.82, 2.24) is 10.5 Å². The quantitative estimate of drug-likeness (QED) is 0.254. The summed E-state index contributed by atoms with van der Waals surface area (Å²) in [6.45, 7) is 0. The molecule has 5 aromatic rings. The van der Waals surface area contributed by atoms with Crippen LogP contribution in [0.4, 0.5) is 0 Å². The third-order valence-electron chi connectivity index (χ3n) is 5.88. The fourth-order valence-corrected chi connectivity index (χ4v) is 4.35. The number of aromatic amines is 1. The van der Waals surface area contributed by atoms with Crippen molar-refractivity contribution >= 4 is 27.6 Å². The summed E-state index contributed by atoms with van der Waals surface area (Å²) in [4.78, 5) is 16.5. The Hall–Kier alpha value is -4.09. The number of ether oxygens (including phenoxy) is 1. The van der Waals surface area contributed by atoms with Gasteiger partial charge in [-0.15, -0.1) is 0 Å². The van der Waals surface area contributed by atoms with Crippen LogP contribution in [-0.2, 0) is 4.79 Å². The van der Waals surface area contributed by atoms with Gasteiger partial charge >= 0.3 is 0 Å². The van der Waals surface area contributed by atoms with Crippen LogP contribution in [0.25, 0.3) is 32.9 Å². The average Bonchev–Trinajstić information content (AvgIpc) is 3.22. The van der Waals surface area contributed by atoms with Gasteiger partial charge in [0, 0.05) is 16.5 Å². The standard InChI is InChI=1S/C27H22N2O3/c1-32-21-13-14-23-22(16-21)25(24(27(30)29-31)18-8-3-2-4-9-18)26(28-23)20-12-11-17-7-5-6-10-19(17)15-20/h2-16,24,28,31H,1H3,(H,29,30).